The van der Waals surface area contributed by atoms with E-state index in [0.29, 0.717) is 6.04 Å². The lowest BCUT2D eigenvalue weighted by atomic mass is 10.2. The third kappa shape index (κ3) is 3.49. The Morgan fingerprint density at radius 3 is 2.38 bits per heavy atom. The summed E-state index contributed by atoms with van der Waals surface area (Å²) in [5.41, 5.74) is 0. The van der Waals surface area contributed by atoms with E-state index >= 15 is 0 Å². The van der Waals surface area contributed by atoms with Gasteiger partial charge in [0.15, 0.2) is 0 Å². The maximum Gasteiger partial charge on any atom is 0.320 e. The molecule has 0 bridgehead atoms. The van der Waals surface area contributed by atoms with Crippen LogP contribution in [0.1, 0.15) is 13.3 Å². The van der Waals surface area contributed by atoms with Gasteiger partial charge in [-0.25, -0.2) is 4.79 Å². The van der Waals surface area contributed by atoms with Crippen LogP contribution in [0.25, 0.3) is 0 Å². The van der Waals surface area contributed by atoms with Crippen molar-refractivity contribution in [1.82, 2.24) is 19.6 Å². The summed E-state index contributed by atoms with van der Waals surface area (Å²) >= 11 is 0. The quantitative estimate of drug-likeness (QED) is 0.727. The smallest absolute Gasteiger partial charge is 0.320 e. The molecule has 0 aliphatic carbocycles. The van der Waals surface area contributed by atoms with Crippen LogP contribution < -0.4 is 0 Å². The normalized spacial score (nSPS) is 29.1. The molecule has 3 aliphatic rings. The van der Waals surface area contributed by atoms with Crippen molar-refractivity contribution in [2.75, 3.05) is 72.1 Å². The van der Waals surface area contributed by atoms with Gasteiger partial charge in [0.05, 0.1) is 13.2 Å². The Hall–Kier alpha value is -0.850. The van der Waals surface area contributed by atoms with E-state index in [-0.39, 0.29) is 6.03 Å². The van der Waals surface area contributed by atoms with Crippen LogP contribution in [-0.2, 0) is 4.74 Å². The van der Waals surface area contributed by atoms with Gasteiger partial charge in [-0.3, -0.25) is 4.90 Å². The van der Waals surface area contributed by atoms with E-state index in [0.717, 1.165) is 78.5 Å². The van der Waals surface area contributed by atoms with Crippen molar-refractivity contribution in [3.63, 3.8) is 0 Å². The molecule has 3 saturated heterocycles. The van der Waals surface area contributed by atoms with Crippen LogP contribution >= 0.6 is 0 Å². The van der Waals surface area contributed by atoms with Gasteiger partial charge in [-0.1, -0.05) is 6.92 Å². The zero-order valence-corrected chi connectivity index (χ0v) is 13.2. The number of rotatable bonds is 2. The summed E-state index contributed by atoms with van der Waals surface area (Å²) in [6.45, 7) is 12.6. The second kappa shape index (κ2) is 6.94. The Labute approximate surface area is 127 Å². The fraction of sp³-hybridized carbons (Fsp3) is 0.933. The Kier molecular flexibility index (Phi) is 4.98. The number of hydrogen-bond donors (Lipinski definition) is 0. The highest BCUT2D eigenvalue weighted by molar-refractivity contribution is 5.75. The van der Waals surface area contributed by atoms with E-state index in [1.165, 1.54) is 0 Å². The van der Waals surface area contributed by atoms with Gasteiger partial charge in [0, 0.05) is 58.4 Å². The van der Waals surface area contributed by atoms with E-state index < -0.39 is 0 Å². The molecule has 21 heavy (non-hydrogen) atoms. The van der Waals surface area contributed by atoms with Crippen LogP contribution in [-0.4, -0.2) is 104 Å². The van der Waals surface area contributed by atoms with Gasteiger partial charge in [-0.05, 0) is 13.0 Å². The van der Waals surface area contributed by atoms with Crippen LogP contribution in [0.15, 0.2) is 0 Å². The summed E-state index contributed by atoms with van der Waals surface area (Å²) in [4.78, 5) is 21.6. The number of urea groups is 1. The van der Waals surface area contributed by atoms with Gasteiger partial charge in [0.25, 0.3) is 0 Å². The molecule has 0 aromatic carbocycles. The van der Waals surface area contributed by atoms with Gasteiger partial charge in [-0.2, -0.15) is 0 Å². The van der Waals surface area contributed by atoms with Crippen molar-refractivity contribution in [3.8, 4) is 0 Å². The molecule has 0 aromatic heterocycles. The Morgan fingerprint density at radius 2 is 1.71 bits per heavy atom. The summed E-state index contributed by atoms with van der Waals surface area (Å²) in [7, 11) is 0. The van der Waals surface area contributed by atoms with Crippen molar-refractivity contribution in [3.05, 3.63) is 0 Å². The molecular weight excluding hydrogens is 268 g/mol. The molecular formula is C15H28N4O2. The lowest BCUT2D eigenvalue weighted by Crippen LogP contribution is -2.53. The average molecular weight is 296 g/mol. The average Bonchev–Trinajstić information content (AvgIpc) is 3.05. The molecule has 3 aliphatic heterocycles. The minimum Gasteiger partial charge on any atom is -0.379 e. The molecule has 6 nitrogen and oxygen atoms in total. The van der Waals surface area contributed by atoms with E-state index in [9.17, 15) is 4.79 Å². The SMILES string of the molecule is CCN1CCN(C(=O)N2CCC(N3CCOCC3)C2)CC1. The zero-order chi connectivity index (χ0) is 14.7. The third-order valence-corrected chi connectivity index (χ3v) is 5.09. The highest BCUT2D eigenvalue weighted by Gasteiger charge is 2.33. The number of amides is 2. The van der Waals surface area contributed by atoms with Crippen molar-refractivity contribution in [2.24, 2.45) is 0 Å². The molecule has 1 atom stereocenters. The largest absolute Gasteiger partial charge is 0.379 e. The van der Waals surface area contributed by atoms with Crippen molar-refractivity contribution in [2.45, 2.75) is 19.4 Å². The third-order valence-electron chi connectivity index (χ3n) is 5.09. The second-order valence-electron chi connectivity index (χ2n) is 6.24. The molecule has 2 amide bonds. The summed E-state index contributed by atoms with van der Waals surface area (Å²) in [6.07, 6.45) is 1.11. The van der Waals surface area contributed by atoms with Crippen LogP contribution in [0.5, 0.6) is 0 Å². The Balaban J connectivity index is 1.48. The van der Waals surface area contributed by atoms with Gasteiger partial charge in [0.1, 0.15) is 0 Å². The number of carbonyl (C=O) groups is 1. The van der Waals surface area contributed by atoms with Crippen molar-refractivity contribution < 1.29 is 9.53 Å². The number of ether oxygens (including phenoxy) is 1. The van der Waals surface area contributed by atoms with Crippen LogP contribution in [0.2, 0.25) is 0 Å². The first-order valence-electron chi connectivity index (χ1n) is 8.36. The number of nitrogens with zero attached hydrogens (tertiary/aromatic N) is 4. The minimum absolute atomic E-state index is 0.251. The Morgan fingerprint density at radius 1 is 1.00 bits per heavy atom. The predicted molar refractivity (Wildman–Crippen MR) is 81.5 cm³/mol. The summed E-state index contributed by atoms with van der Waals surface area (Å²) in [5, 5.41) is 0. The molecule has 0 aromatic rings. The molecule has 120 valence electrons. The number of morpholine rings is 1. The van der Waals surface area contributed by atoms with E-state index in [2.05, 4.69) is 21.6 Å². The number of likely N-dealkylation sites (tertiary alicyclic amines) is 1. The number of piperazine rings is 1. The van der Waals surface area contributed by atoms with E-state index in [1.54, 1.807) is 0 Å². The lowest BCUT2D eigenvalue weighted by Gasteiger charge is -2.36. The fourth-order valence-corrected chi connectivity index (χ4v) is 3.61. The molecule has 6 heteroatoms. The molecule has 1 unspecified atom stereocenters. The first-order valence-corrected chi connectivity index (χ1v) is 8.36. The highest BCUT2D eigenvalue weighted by Crippen LogP contribution is 2.19. The monoisotopic (exact) mass is 296 g/mol. The van der Waals surface area contributed by atoms with Gasteiger partial charge in [0.2, 0.25) is 0 Å². The summed E-state index contributed by atoms with van der Waals surface area (Å²) in [6, 6.07) is 0.788. The highest BCUT2D eigenvalue weighted by atomic mass is 16.5. The van der Waals surface area contributed by atoms with Crippen LogP contribution in [0.4, 0.5) is 4.79 Å². The van der Waals surface area contributed by atoms with Crippen molar-refractivity contribution >= 4 is 6.03 Å². The maximum absolute atomic E-state index is 12.6. The van der Waals surface area contributed by atoms with Crippen molar-refractivity contribution in [1.29, 1.82) is 0 Å². The molecule has 0 N–H and O–H groups in total. The first kappa shape index (κ1) is 15.1. The van der Waals surface area contributed by atoms with Crippen LogP contribution in [0, 0.1) is 0 Å². The Bertz CT molecular complexity index is 352. The van der Waals surface area contributed by atoms with Crippen LogP contribution in [0.3, 0.4) is 0 Å². The fourth-order valence-electron chi connectivity index (χ4n) is 3.61. The molecule has 0 spiro atoms. The molecule has 3 heterocycles. The van der Waals surface area contributed by atoms with E-state index in [1.807, 2.05) is 4.90 Å². The van der Waals surface area contributed by atoms with Gasteiger partial charge < -0.3 is 19.4 Å². The number of carbonyl (C=O) groups excluding carboxylic acids is 1. The molecule has 3 fully saturated rings. The summed E-state index contributed by atoms with van der Waals surface area (Å²) < 4.78 is 5.41. The first-order chi connectivity index (χ1) is 10.3. The summed E-state index contributed by atoms with van der Waals surface area (Å²) in [5.74, 6) is 0. The molecule has 3 rings (SSSR count). The number of hydrogen-bond acceptors (Lipinski definition) is 4. The zero-order valence-electron chi connectivity index (χ0n) is 13.2. The van der Waals surface area contributed by atoms with Gasteiger partial charge >= 0.3 is 6.03 Å². The lowest BCUT2D eigenvalue weighted by molar-refractivity contribution is 0.0187. The predicted octanol–water partition coefficient (Wildman–Crippen LogP) is 0.150. The molecule has 0 radical (unpaired) electrons. The van der Waals surface area contributed by atoms with Gasteiger partial charge in [-0.15, -0.1) is 0 Å². The standard InChI is InChI=1S/C15H28N4O2/c1-2-16-5-7-18(8-6-16)15(20)19-4-3-14(13-19)17-9-11-21-12-10-17/h14H,2-13H2,1H3. The maximum atomic E-state index is 12.6. The topological polar surface area (TPSA) is 39.3 Å². The second-order valence-corrected chi connectivity index (χ2v) is 6.24. The number of likely N-dealkylation sites (N-methyl/N-ethyl adjacent to an activating group) is 1. The molecule has 0 saturated carbocycles. The van der Waals surface area contributed by atoms with E-state index in [4.69, 9.17) is 4.74 Å². The minimum atomic E-state index is 0.251.